The topological polar surface area (TPSA) is 90.7 Å². The molecule has 0 spiro atoms. The normalized spacial score (nSPS) is 23.1. The molecule has 0 fully saturated rings. The third-order valence-corrected chi connectivity index (χ3v) is 3.03. The number of carbonyl (C=O) groups is 1. The summed E-state index contributed by atoms with van der Waals surface area (Å²) >= 11 is 0. The molecule has 0 radical (unpaired) electrons. The quantitative estimate of drug-likeness (QED) is 0.817. The lowest BCUT2D eigenvalue weighted by molar-refractivity contribution is 0.1000. The van der Waals surface area contributed by atoms with Crippen LogP contribution in [0, 0.1) is 5.82 Å². The van der Waals surface area contributed by atoms with Gasteiger partial charge >= 0.3 is 0 Å². The second-order valence-electron chi connectivity index (χ2n) is 4.38. The van der Waals surface area contributed by atoms with Gasteiger partial charge in [0.05, 0.1) is 12.1 Å². The van der Waals surface area contributed by atoms with E-state index < -0.39 is 17.3 Å². The van der Waals surface area contributed by atoms with E-state index in [4.69, 9.17) is 16.2 Å². The average Bonchev–Trinajstić information content (AvgIpc) is 2.28. The molecule has 1 amide bonds. The lowest BCUT2D eigenvalue weighted by Gasteiger charge is -2.30. The molecule has 18 heavy (non-hydrogen) atoms. The van der Waals surface area contributed by atoms with Crippen LogP contribution in [-0.2, 0) is 10.3 Å². The second kappa shape index (κ2) is 4.29. The van der Waals surface area contributed by atoms with Crippen molar-refractivity contribution in [3.05, 3.63) is 35.1 Å². The summed E-state index contributed by atoms with van der Waals surface area (Å²) in [6.45, 7) is 2.09. The van der Waals surface area contributed by atoms with Gasteiger partial charge in [0, 0.05) is 17.5 Å². The number of benzene rings is 1. The molecular weight excluding hydrogens is 237 g/mol. The Morgan fingerprint density at radius 2 is 2.28 bits per heavy atom. The number of primary amides is 1. The minimum atomic E-state index is -0.835. The minimum Gasteiger partial charge on any atom is -0.465 e. The second-order valence-corrected chi connectivity index (χ2v) is 4.38. The molecule has 2 rings (SSSR count). The number of halogens is 1. The Morgan fingerprint density at radius 3 is 2.89 bits per heavy atom. The fourth-order valence-electron chi connectivity index (χ4n) is 1.97. The van der Waals surface area contributed by atoms with E-state index in [9.17, 15) is 9.18 Å². The highest BCUT2D eigenvalue weighted by Crippen LogP contribution is 2.33. The monoisotopic (exact) mass is 251 g/mol. The first-order valence-electron chi connectivity index (χ1n) is 5.50. The van der Waals surface area contributed by atoms with Gasteiger partial charge in [0.2, 0.25) is 5.91 Å². The van der Waals surface area contributed by atoms with Gasteiger partial charge in [-0.1, -0.05) is 0 Å². The summed E-state index contributed by atoms with van der Waals surface area (Å²) in [7, 11) is 0. The third-order valence-electron chi connectivity index (χ3n) is 3.03. The van der Waals surface area contributed by atoms with E-state index in [2.05, 4.69) is 4.99 Å². The number of aliphatic imine (C=N–C) groups is 1. The molecule has 1 aromatic rings. The summed E-state index contributed by atoms with van der Waals surface area (Å²) in [6.07, 6.45) is 0.479. The van der Waals surface area contributed by atoms with E-state index in [-0.39, 0.29) is 11.6 Å². The van der Waals surface area contributed by atoms with Crippen LogP contribution in [0.3, 0.4) is 0 Å². The summed E-state index contributed by atoms with van der Waals surface area (Å²) in [5, 5.41) is 0. The number of hydrogen-bond donors (Lipinski definition) is 2. The number of ether oxygens (including phenoxy) is 1. The van der Waals surface area contributed by atoms with E-state index in [0.29, 0.717) is 18.6 Å². The Bertz CT molecular complexity index is 530. The highest BCUT2D eigenvalue weighted by molar-refractivity contribution is 5.93. The van der Waals surface area contributed by atoms with Crippen molar-refractivity contribution in [2.24, 2.45) is 16.5 Å². The van der Waals surface area contributed by atoms with Crippen molar-refractivity contribution < 1.29 is 13.9 Å². The van der Waals surface area contributed by atoms with Gasteiger partial charge in [-0.25, -0.2) is 9.38 Å². The number of rotatable bonds is 2. The smallest absolute Gasteiger partial charge is 0.282 e. The summed E-state index contributed by atoms with van der Waals surface area (Å²) < 4.78 is 18.9. The molecule has 0 aliphatic carbocycles. The zero-order valence-corrected chi connectivity index (χ0v) is 9.94. The Morgan fingerprint density at radius 1 is 1.56 bits per heavy atom. The first-order valence-corrected chi connectivity index (χ1v) is 5.50. The van der Waals surface area contributed by atoms with Crippen molar-refractivity contribution in [1.82, 2.24) is 0 Å². The maximum Gasteiger partial charge on any atom is 0.282 e. The van der Waals surface area contributed by atoms with E-state index in [0.717, 1.165) is 0 Å². The van der Waals surface area contributed by atoms with Gasteiger partial charge in [-0.2, -0.15) is 0 Å². The maximum absolute atomic E-state index is 13.9. The fourth-order valence-corrected chi connectivity index (χ4v) is 1.97. The van der Waals surface area contributed by atoms with Gasteiger partial charge < -0.3 is 16.2 Å². The summed E-state index contributed by atoms with van der Waals surface area (Å²) in [4.78, 5) is 15.3. The van der Waals surface area contributed by atoms with Gasteiger partial charge in [-0.05, 0) is 25.1 Å². The van der Waals surface area contributed by atoms with Gasteiger partial charge in [-0.3, -0.25) is 4.79 Å². The molecule has 1 unspecified atom stereocenters. The molecule has 6 heteroatoms. The average molecular weight is 251 g/mol. The molecule has 1 aliphatic rings. The number of hydrogen-bond acceptors (Lipinski definition) is 4. The Kier molecular flexibility index (Phi) is 2.94. The van der Waals surface area contributed by atoms with Crippen molar-refractivity contribution in [3.8, 4) is 0 Å². The van der Waals surface area contributed by atoms with Crippen LogP contribution in [0.5, 0.6) is 0 Å². The van der Waals surface area contributed by atoms with E-state index in [1.165, 1.54) is 18.2 Å². The molecule has 1 aliphatic heterocycles. The number of nitrogens with zero attached hydrogens (tertiary/aromatic N) is 1. The summed E-state index contributed by atoms with van der Waals surface area (Å²) in [5.41, 5.74) is 10.4. The highest BCUT2D eigenvalue weighted by atomic mass is 19.1. The van der Waals surface area contributed by atoms with Gasteiger partial charge in [0.15, 0.2) is 0 Å². The van der Waals surface area contributed by atoms with E-state index in [1.807, 2.05) is 0 Å². The molecule has 1 aromatic carbocycles. The van der Waals surface area contributed by atoms with Crippen molar-refractivity contribution in [3.63, 3.8) is 0 Å². The molecule has 4 N–H and O–H groups in total. The van der Waals surface area contributed by atoms with Crippen molar-refractivity contribution in [2.45, 2.75) is 18.9 Å². The van der Waals surface area contributed by atoms with Crippen LogP contribution in [0.2, 0.25) is 0 Å². The van der Waals surface area contributed by atoms with Crippen LogP contribution >= 0.6 is 0 Å². The number of nitrogens with two attached hydrogens (primary N) is 2. The standard InChI is InChI=1S/C12H14FN3O2/c1-12(4-5-18-11(15)16-12)8-6-7(10(14)17)2-3-9(8)13/h2-3,6H,4-5H2,1H3,(H2,14,17)(H2,15,16). The molecule has 0 saturated heterocycles. The largest absolute Gasteiger partial charge is 0.465 e. The first-order chi connectivity index (χ1) is 8.42. The predicted molar refractivity (Wildman–Crippen MR) is 64.5 cm³/mol. The lowest BCUT2D eigenvalue weighted by Crippen LogP contribution is -2.34. The molecule has 0 saturated carbocycles. The highest BCUT2D eigenvalue weighted by Gasteiger charge is 2.33. The SMILES string of the molecule is CC1(c2cc(C(N)=O)ccc2F)CCOC(N)=N1. The van der Waals surface area contributed by atoms with Crippen LogP contribution in [0.4, 0.5) is 4.39 Å². The molecular formula is C12H14FN3O2. The number of amides is 1. The number of carbonyl (C=O) groups excluding carboxylic acids is 1. The predicted octanol–water partition coefficient (Wildman–Crippen LogP) is 0.875. The first kappa shape index (κ1) is 12.3. The molecule has 0 aromatic heterocycles. The Hall–Kier alpha value is -2.11. The summed E-state index contributed by atoms with van der Waals surface area (Å²) in [6, 6.07) is 3.99. The molecule has 0 bridgehead atoms. The van der Waals surface area contributed by atoms with Crippen LogP contribution in [0.25, 0.3) is 0 Å². The Balaban J connectivity index is 2.52. The molecule has 5 nitrogen and oxygen atoms in total. The van der Waals surface area contributed by atoms with Crippen LogP contribution in [0.1, 0.15) is 29.3 Å². The minimum absolute atomic E-state index is 0.0210. The Labute approximate surface area is 104 Å². The zero-order chi connectivity index (χ0) is 13.3. The third kappa shape index (κ3) is 2.13. The van der Waals surface area contributed by atoms with E-state index in [1.54, 1.807) is 6.92 Å². The molecule has 1 heterocycles. The van der Waals surface area contributed by atoms with Crippen molar-refractivity contribution in [2.75, 3.05) is 6.61 Å². The van der Waals surface area contributed by atoms with Gasteiger partial charge in [0.25, 0.3) is 6.02 Å². The van der Waals surface area contributed by atoms with Crippen LogP contribution in [0.15, 0.2) is 23.2 Å². The van der Waals surface area contributed by atoms with Crippen LogP contribution < -0.4 is 11.5 Å². The number of amidine groups is 1. The van der Waals surface area contributed by atoms with Gasteiger partial charge in [-0.15, -0.1) is 0 Å². The van der Waals surface area contributed by atoms with Gasteiger partial charge in [0.1, 0.15) is 5.82 Å². The van der Waals surface area contributed by atoms with Crippen LogP contribution in [-0.4, -0.2) is 18.5 Å². The lowest BCUT2D eigenvalue weighted by atomic mass is 9.87. The molecule has 1 atom stereocenters. The van der Waals surface area contributed by atoms with E-state index >= 15 is 0 Å². The summed E-state index contributed by atoms with van der Waals surface area (Å²) in [5.74, 6) is -1.05. The van der Waals surface area contributed by atoms with Crippen molar-refractivity contribution >= 4 is 11.9 Å². The molecule has 96 valence electrons. The zero-order valence-electron chi connectivity index (χ0n) is 9.94. The van der Waals surface area contributed by atoms with Crippen molar-refractivity contribution in [1.29, 1.82) is 0 Å². The fraction of sp³-hybridized carbons (Fsp3) is 0.333. The maximum atomic E-state index is 13.9.